The summed E-state index contributed by atoms with van der Waals surface area (Å²) in [6.45, 7) is 8.58. The molecule has 1 aromatic heterocycles. The van der Waals surface area contributed by atoms with Gasteiger partial charge >= 0.3 is 0 Å². The van der Waals surface area contributed by atoms with Gasteiger partial charge in [0.1, 0.15) is 0 Å². The Bertz CT molecular complexity index is 513. The minimum absolute atomic E-state index is 0.429. The number of nitrogens with zero attached hydrogens (tertiary/aromatic N) is 1. The third-order valence-electron chi connectivity index (χ3n) is 3.42. The standard InChI is InChI=1S/C17H24N2/c1-4-9-18-15(3)17-8-10-19(13-17)12-16-7-5-6-14(2)11-16/h5-8,10-11,13,15,18H,4,9,12H2,1-3H3. The molecule has 0 saturated carbocycles. The van der Waals surface area contributed by atoms with Crippen molar-refractivity contribution in [1.82, 2.24) is 9.88 Å². The van der Waals surface area contributed by atoms with Crippen molar-refractivity contribution in [3.63, 3.8) is 0 Å². The highest BCUT2D eigenvalue weighted by atomic mass is 15.0. The van der Waals surface area contributed by atoms with Crippen LogP contribution in [0.3, 0.4) is 0 Å². The van der Waals surface area contributed by atoms with Crippen molar-refractivity contribution < 1.29 is 0 Å². The summed E-state index contributed by atoms with van der Waals surface area (Å²) in [5, 5.41) is 3.52. The molecule has 0 bridgehead atoms. The fraction of sp³-hybridized carbons (Fsp3) is 0.412. The Labute approximate surface area is 116 Å². The molecular formula is C17H24N2. The molecule has 0 fully saturated rings. The highest BCUT2D eigenvalue weighted by molar-refractivity contribution is 5.23. The van der Waals surface area contributed by atoms with Crippen LogP contribution in [0.15, 0.2) is 42.7 Å². The van der Waals surface area contributed by atoms with Crippen LogP contribution >= 0.6 is 0 Å². The molecule has 0 aliphatic heterocycles. The Balaban J connectivity index is 2.01. The zero-order valence-electron chi connectivity index (χ0n) is 12.2. The van der Waals surface area contributed by atoms with Crippen molar-refractivity contribution >= 4 is 0 Å². The van der Waals surface area contributed by atoms with Gasteiger partial charge in [0, 0.05) is 25.0 Å². The topological polar surface area (TPSA) is 17.0 Å². The molecule has 0 spiro atoms. The third-order valence-corrected chi connectivity index (χ3v) is 3.42. The first-order valence-corrected chi connectivity index (χ1v) is 7.13. The predicted molar refractivity (Wildman–Crippen MR) is 81.4 cm³/mol. The molecule has 2 nitrogen and oxygen atoms in total. The van der Waals surface area contributed by atoms with Gasteiger partial charge in [-0.2, -0.15) is 0 Å². The first-order valence-electron chi connectivity index (χ1n) is 7.13. The van der Waals surface area contributed by atoms with Gasteiger partial charge in [-0.15, -0.1) is 0 Å². The molecule has 1 unspecified atom stereocenters. The lowest BCUT2D eigenvalue weighted by molar-refractivity contribution is 0.569. The van der Waals surface area contributed by atoms with Crippen LogP contribution in [0.4, 0.5) is 0 Å². The van der Waals surface area contributed by atoms with Crippen molar-refractivity contribution in [3.8, 4) is 0 Å². The minimum atomic E-state index is 0.429. The van der Waals surface area contributed by atoms with E-state index in [1.807, 2.05) is 0 Å². The summed E-state index contributed by atoms with van der Waals surface area (Å²) in [4.78, 5) is 0. The van der Waals surface area contributed by atoms with Crippen LogP contribution in [-0.4, -0.2) is 11.1 Å². The van der Waals surface area contributed by atoms with Crippen LogP contribution in [0.2, 0.25) is 0 Å². The van der Waals surface area contributed by atoms with Gasteiger partial charge in [0.2, 0.25) is 0 Å². The lowest BCUT2D eigenvalue weighted by Gasteiger charge is -2.11. The van der Waals surface area contributed by atoms with E-state index in [1.165, 1.54) is 23.1 Å². The molecule has 1 N–H and O–H groups in total. The number of benzene rings is 1. The third kappa shape index (κ3) is 3.97. The summed E-state index contributed by atoms with van der Waals surface area (Å²) in [7, 11) is 0. The van der Waals surface area contributed by atoms with Crippen molar-refractivity contribution in [2.75, 3.05) is 6.54 Å². The first-order chi connectivity index (χ1) is 9.19. The Hall–Kier alpha value is -1.54. The molecule has 1 heterocycles. The van der Waals surface area contributed by atoms with Gasteiger partial charge in [-0.05, 0) is 44.0 Å². The van der Waals surface area contributed by atoms with Crippen molar-refractivity contribution in [2.45, 2.75) is 39.8 Å². The average Bonchev–Trinajstić information content (AvgIpc) is 2.84. The predicted octanol–water partition coefficient (Wildman–Crippen LogP) is 3.91. The second-order valence-corrected chi connectivity index (χ2v) is 5.28. The van der Waals surface area contributed by atoms with Gasteiger partial charge in [-0.3, -0.25) is 0 Å². The van der Waals surface area contributed by atoms with Crippen LogP contribution < -0.4 is 5.32 Å². The van der Waals surface area contributed by atoms with Crippen LogP contribution in [0.25, 0.3) is 0 Å². The van der Waals surface area contributed by atoms with Gasteiger partial charge in [0.05, 0.1) is 0 Å². The van der Waals surface area contributed by atoms with Crippen LogP contribution in [0.5, 0.6) is 0 Å². The van der Waals surface area contributed by atoms with E-state index in [0.717, 1.165) is 13.1 Å². The van der Waals surface area contributed by atoms with Crippen LogP contribution in [0.1, 0.15) is 43.0 Å². The van der Waals surface area contributed by atoms with E-state index in [-0.39, 0.29) is 0 Å². The van der Waals surface area contributed by atoms with E-state index in [0.29, 0.717) is 6.04 Å². The molecule has 1 atom stereocenters. The molecule has 1 aromatic carbocycles. The van der Waals surface area contributed by atoms with Crippen LogP contribution in [0, 0.1) is 6.92 Å². The molecule has 0 saturated heterocycles. The Morgan fingerprint density at radius 2 is 2.11 bits per heavy atom. The summed E-state index contributed by atoms with van der Waals surface area (Å²) >= 11 is 0. The maximum Gasteiger partial charge on any atom is 0.0470 e. The molecule has 19 heavy (non-hydrogen) atoms. The molecule has 2 heteroatoms. The van der Waals surface area contributed by atoms with Gasteiger partial charge in [0.25, 0.3) is 0 Å². The quantitative estimate of drug-likeness (QED) is 0.829. The molecule has 0 aliphatic rings. The highest BCUT2D eigenvalue weighted by Gasteiger charge is 2.06. The van der Waals surface area contributed by atoms with E-state index >= 15 is 0 Å². The number of hydrogen-bond donors (Lipinski definition) is 1. The summed E-state index contributed by atoms with van der Waals surface area (Å²) in [5.41, 5.74) is 4.04. The lowest BCUT2D eigenvalue weighted by atomic mass is 10.1. The zero-order valence-corrected chi connectivity index (χ0v) is 12.2. The molecule has 102 valence electrons. The molecule has 2 aromatic rings. The molecule has 0 aliphatic carbocycles. The van der Waals surface area contributed by atoms with Crippen molar-refractivity contribution in [2.24, 2.45) is 0 Å². The van der Waals surface area contributed by atoms with Gasteiger partial charge in [0.15, 0.2) is 0 Å². The van der Waals surface area contributed by atoms with Crippen molar-refractivity contribution in [3.05, 3.63) is 59.4 Å². The fourth-order valence-electron chi connectivity index (χ4n) is 2.31. The normalized spacial score (nSPS) is 12.6. The fourth-order valence-corrected chi connectivity index (χ4v) is 2.31. The zero-order chi connectivity index (χ0) is 13.7. The lowest BCUT2D eigenvalue weighted by Crippen LogP contribution is -2.18. The number of rotatable bonds is 6. The van der Waals surface area contributed by atoms with E-state index < -0.39 is 0 Å². The second kappa shape index (κ2) is 6.58. The Morgan fingerprint density at radius 1 is 1.26 bits per heavy atom. The molecule has 0 radical (unpaired) electrons. The Morgan fingerprint density at radius 3 is 2.84 bits per heavy atom. The average molecular weight is 256 g/mol. The van der Waals surface area contributed by atoms with E-state index in [2.05, 4.69) is 73.4 Å². The van der Waals surface area contributed by atoms with Gasteiger partial charge in [-0.1, -0.05) is 36.8 Å². The van der Waals surface area contributed by atoms with Gasteiger partial charge < -0.3 is 9.88 Å². The first kappa shape index (κ1) is 13.9. The number of aryl methyl sites for hydroxylation is 1. The molecule has 2 rings (SSSR count). The second-order valence-electron chi connectivity index (χ2n) is 5.28. The van der Waals surface area contributed by atoms with Gasteiger partial charge in [-0.25, -0.2) is 0 Å². The van der Waals surface area contributed by atoms with Crippen LogP contribution in [-0.2, 0) is 6.54 Å². The van der Waals surface area contributed by atoms with E-state index in [9.17, 15) is 0 Å². The number of nitrogens with one attached hydrogen (secondary N) is 1. The largest absolute Gasteiger partial charge is 0.350 e. The summed E-state index contributed by atoms with van der Waals surface area (Å²) in [5.74, 6) is 0. The smallest absolute Gasteiger partial charge is 0.0470 e. The maximum absolute atomic E-state index is 3.52. The highest BCUT2D eigenvalue weighted by Crippen LogP contribution is 2.14. The molecular weight excluding hydrogens is 232 g/mol. The van der Waals surface area contributed by atoms with E-state index in [1.54, 1.807) is 0 Å². The maximum atomic E-state index is 3.52. The Kier molecular flexibility index (Phi) is 4.80. The monoisotopic (exact) mass is 256 g/mol. The molecule has 0 amide bonds. The van der Waals surface area contributed by atoms with Crippen molar-refractivity contribution in [1.29, 1.82) is 0 Å². The summed E-state index contributed by atoms with van der Waals surface area (Å²) in [6, 6.07) is 11.3. The number of aromatic nitrogens is 1. The summed E-state index contributed by atoms with van der Waals surface area (Å²) < 4.78 is 2.26. The SMILES string of the molecule is CCCNC(C)c1ccn(Cc2cccc(C)c2)c1. The van der Waals surface area contributed by atoms with E-state index in [4.69, 9.17) is 0 Å². The minimum Gasteiger partial charge on any atom is -0.350 e. The number of hydrogen-bond acceptors (Lipinski definition) is 1. The summed E-state index contributed by atoms with van der Waals surface area (Å²) in [6.07, 6.45) is 5.59.